The Morgan fingerprint density at radius 1 is 1.32 bits per heavy atom. The second-order valence-electron chi connectivity index (χ2n) is 5.04. The molecule has 0 spiro atoms. The minimum absolute atomic E-state index is 0.380. The summed E-state index contributed by atoms with van der Waals surface area (Å²) in [5.41, 5.74) is 3.80. The van der Waals surface area contributed by atoms with Gasteiger partial charge in [0, 0.05) is 10.1 Å². The van der Waals surface area contributed by atoms with Gasteiger partial charge in [0.2, 0.25) is 0 Å². The van der Waals surface area contributed by atoms with Gasteiger partial charge in [-0.05, 0) is 35.9 Å². The molecule has 5 nitrogen and oxygen atoms in total. The molecule has 25 heavy (non-hydrogen) atoms. The van der Waals surface area contributed by atoms with Crippen LogP contribution in [0.5, 0.6) is 5.75 Å². The normalized spacial score (nSPS) is 10.8. The molecule has 1 aromatic heterocycles. The second kappa shape index (κ2) is 7.34. The molecule has 3 rings (SSSR count). The summed E-state index contributed by atoms with van der Waals surface area (Å²) in [6.45, 7) is 0. The molecule has 0 radical (unpaired) electrons. The smallest absolute Gasteiger partial charge is 0.283 e. The molecule has 0 aliphatic heterocycles. The van der Waals surface area contributed by atoms with Gasteiger partial charge in [-0.25, -0.2) is 5.43 Å². The van der Waals surface area contributed by atoms with Crippen LogP contribution in [0.4, 0.5) is 0 Å². The average Bonchev–Trinajstić information content (AvgIpc) is 2.98. The molecule has 0 saturated carbocycles. The molecule has 124 valence electrons. The fourth-order valence-corrected chi connectivity index (χ4v) is 3.61. The predicted molar refractivity (Wildman–Crippen MR) is 99.6 cm³/mol. The monoisotopic (exact) mass is 369 g/mol. The SMILES string of the molecule is COc1ccc2c(Cl)c(C(=O)N/N=C\c3ccc(C#N)cc3)sc2c1. The number of nitriles is 1. The fourth-order valence-electron chi connectivity index (χ4n) is 2.18. The summed E-state index contributed by atoms with van der Waals surface area (Å²) in [6, 6.07) is 14.3. The summed E-state index contributed by atoms with van der Waals surface area (Å²) in [5, 5.41) is 13.9. The number of hydrogen-bond donors (Lipinski definition) is 1. The predicted octanol–water partition coefficient (Wildman–Crippen LogP) is 4.20. The summed E-state index contributed by atoms with van der Waals surface area (Å²) in [5.74, 6) is 0.325. The van der Waals surface area contributed by atoms with Gasteiger partial charge < -0.3 is 4.74 Å². The van der Waals surface area contributed by atoms with Crippen molar-refractivity contribution in [3.05, 3.63) is 63.5 Å². The first-order chi connectivity index (χ1) is 12.1. The van der Waals surface area contributed by atoms with Crippen molar-refractivity contribution >= 4 is 45.1 Å². The number of ether oxygens (including phenoxy) is 1. The minimum atomic E-state index is -0.380. The van der Waals surface area contributed by atoms with Crippen LogP contribution in [0, 0.1) is 11.3 Å². The van der Waals surface area contributed by atoms with Gasteiger partial charge in [0.1, 0.15) is 10.6 Å². The number of hydrazone groups is 1. The average molecular weight is 370 g/mol. The molecular formula is C18H12ClN3O2S. The van der Waals surface area contributed by atoms with Crippen LogP contribution in [0.25, 0.3) is 10.1 Å². The Hall–Kier alpha value is -2.88. The first-order valence-electron chi connectivity index (χ1n) is 7.22. The van der Waals surface area contributed by atoms with Crippen molar-refractivity contribution < 1.29 is 9.53 Å². The Labute approximate surface area is 153 Å². The first kappa shape index (κ1) is 17.0. The number of thiophene rings is 1. The quantitative estimate of drug-likeness (QED) is 0.553. The zero-order valence-electron chi connectivity index (χ0n) is 13.1. The molecule has 1 amide bonds. The van der Waals surface area contributed by atoms with E-state index in [2.05, 4.69) is 10.5 Å². The standard InChI is InChI=1S/C18H12ClN3O2S/c1-24-13-6-7-14-15(8-13)25-17(16(14)19)18(23)22-21-10-12-4-2-11(9-20)3-5-12/h2-8,10H,1H3,(H,22,23)/b21-10-. The molecule has 0 bridgehead atoms. The maximum Gasteiger partial charge on any atom is 0.283 e. The van der Waals surface area contributed by atoms with E-state index in [4.69, 9.17) is 21.6 Å². The second-order valence-corrected chi connectivity index (χ2v) is 6.47. The van der Waals surface area contributed by atoms with E-state index in [1.54, 1.807) is 37.4 Å². The van der Waals surface area contributed by atoms with Gasteiger partial charge in [0.25, 0.3) is 5.91 Å². The molecule has 0 atom stereocenters. The Morgan fingerprint density at radius 3 is 2.76 bits per heavy atom. The molecular weight excluding hydrogens is 358 g/mol. The molecule has 0 aliphatic rings. The van der Waals surface area contributed by atoms with Crippen molar-refractivity contribution in [2.45, 2.75) is 0 Å². The number of carbonyl (C=O) groups is 1. The number of fused-ring (bicyclic) bond motifs is 1. The van der Waals surface area contributed by atoms with E-state index >= 15 is 0 Å². The van der Waals surface area contributed by atoms with E-state index in [1.807, 2.05) is 18.2 Å². The Kier molecular flexibility index (Phi) is 4.98. The number of methoxy groups -OCH3 is 1. The summed E-state index contributed by atoms with van der Waals surface area (Å²) < 4.78 is 6.05. The third-order valence-electron chi connectivity index (χ3n) is 3.46. The lowest BCUT2D eigenvalue weighted by Crippen LogP contribution is -2.16. The van der Waals surface area contributed by atoms with Crippen LogP contribution in [0.3, 0.4) is 0 Å². The van der Waals surface area contributed by atoms with E-state index in [-0.39, 0.29) is 5.91 Å². The van der Waals surface area contributed by atoms with Gasteiger partial charge in [-0.3, -0.25) is 4.79 Å². The maximum atomic E-state index is 12.3. The minimum Gasteiger partial charge on any atom is -0.497 e. The molecule has 0 aliphatic carbocycles. The van der Waals surface area contributed by atoms with Crippen LogP contribution in [0.15, 0.2) is 47.6 Å². The molecule has 2 aromatic carbocycles. The van der Waals surface area contributed by atoms with Crippen molar-refractivity contribution in [1.82, 2.24) is 5.43 Å². The summed E-state index contributed by atoms with van der Waals surface area (Å²) in [6.07, 6.45) is 1.50. The van der Waals surface area contributed by atoms with E-state index in [0.717, 1.165) is 15.6 Å². The lowest BCUT2D eigenvalue weighted by Gasteiger charge is -1.98. The van der Waals surface area contributed by atoms with Crippen molar-refractivity contribution in [3.63, 3.8) is 0 Å². The Bertz CT molecular complexity index is 1000. The highest BCUT2D eigenvalue weighted by molar-refractivity contribution is 7.21. The lowest BCUT2D eigenvalue weighted by molar-refractivity contribution is 0.0959. The van der Waals surface area contributed by atoms with Crippen molar-refractivity contribution in [3.8, 4) is 11.8 Å². The number of nitrogens with zero attached hydrogens (tertiary/aromatic N) is 2. The number of carbonyl (C=O) groups excluding carboxylic acids is 1. The molecule has 1 heterocycles. The van der Waals surface area contributed by atoms with Crippen LogP contribution < -0.4 is 10.2 Å². The maximum absolute atomic E-state index is 12.3. The number of benzene rings is 2. The largest absolute Gasteiger partial charge is 0.497 e. The van der Waals surface area contributed by atoms with E-state index < -0.39 is 0 Å². The topological polar surface area (TPSA) is 74.5 Å². The van der Waals surface area contributed by atoms with Gasteiger partial charge in [0.05, 0.1) is 30.0 Å². The molecule has 7 heteroatoms. The van der Waals surface area contributed by atoms with Crippen molar-refractivity contribution in [2.24, 2.45) is 5.10 Å². The molecule has 0 saturated heterocycles. The van der Waals surface area contributed by atoms with Crippen molar-refractivity contribution in [1.29, 1.82) is 5.26 Å². The first-order valence-corrected chi connectivity index (χ1v) is 8.41. The number of halogens is 1. The zero-order chi connectivity index (χ0) is 17.8. The van der Waals surface area contributed by atoms with E-state index in [0.29, 0.717) is 21.2 Å². The van der Waals surface area contributed by atoms with Crippen LogP contribution in [-0.2, 0) is 0 Å². The van der Waals surface area contributed by atoms with Crippen LogP contribution in [0.2, 0.25) is 5.02 Å². The Balaban J connectivity index is 1.76. The zero-order valence-corrected chi connectivity index (χ0v) is 14.7. The number of hydrogen-bond acceptors (Lipinski definition) is 5. The number of nitrogens with one attached hydrogen (secondary N) is 1. The fraction of sp³-hybridized carbons (Fsp3) is 0.0556. The van der Waals surface area contributed by atoms with E-state index in [9.17, 15) is 4.79 Å². The summed E-state index contributed by atoms with van der Waals surface area (Å²) in [4.78, 5) is 12.7. The van der Waals surface area contributed by atoms with E-state index in [1.165, 1.54) is 17.6 Å². The van der Waals surface area contributed by atoms with Gasteiger partial charge >= 0.3 is 0 Å². The highest BCUT2D eigenvalue weighted by atomic mass is 35.5. The molecule has 0 fully saturated rings. The number of amides is 1. The van der Waals surface area contributed by atoms with Crippen LogP contribution in [0.1, 0.15) is 20.8 Å². The summed E-state index contributed by atoms with van der Waals surface area (Å²) >= 11 is 7.58. The highest BCUT2D eigenvalue weighted by Gasteiger charge is 2.17. The molecule has 1 N–H and O–H groups in total. The third-order valence-corrected chi connectivity index (χ3v) is 5.12. The number of rotatable bonds is 4. The van der Waals surface area contributed by atoms with Gasteiger partial charge in [-0.15, -0.1) is 11.3 Å². The highest BCUT2D eigenvalue weighted by Crippen LogP contribution is 2.37. The molecule has 0 unspecified atom stereocenters. The summed E-state index contributed by atoms with van der Waals surface area (Å²) in [7, 11) is 1.59. The van der Waals surface area contributed by atoms with Gasteiger partial charge in [-0.2, -0.15) is 10.4 Å². The molecule has 3 aromatic rings. The van der Waals surface area contributed by atoms with Gasteiger partial charge in [0.15, 0.2) is 0 Å². The Morgan fingerprint density at radius 2 is 2.08 bits per heavy atom. The van der Waals surface area contributed by atoms with Crippen molar-refractivity contribution in [2.75, 3.05) is 7.11 Å². The lowest BCUT2D eigenvalue weighted by atomic mass is 10.2. The third kappa shape index (κ3) is 3.63. The van der Waals surface area contributed by atoms with Crippen LogP contribution in [-0.4, -0.2) is 19.2 Å². The van der Waals surface area contributed by atoms with Gasteiger partial charge in [-0.1, -0.05) is 23.7 Å². The van der Waals surface area contributed by atoms with Crippen LogP contribution >= 0.6 is 22.9 Å².